The summed E-state index contributed by atoms with van der Waals surface area (Å²) in [5, 5.41) is 6.43. The number of nitrogens with two attached hydrogens (primary N) is 2. The molecule has 2 aromatic rings. The summed E-state index contributed by atoms with van der Waals surface area (Å²) in [7, 11) is 0. The summed E-state index contributed by atoms with van der Waals surface area (Å²) >= 11 is 0. The molecular formula is C24H32N6O4. The van der Waals surface area contributed by atoms with Crippen LogP contribution in [0, 0.1) is 0 Å². The fourth-order valence-electron chi connectivity index (χ4n) is 3.10. The Balaban J connectivity index is 1.52. The lowest BCUT2D eigenvalue weighted by atomic mass is 10.1. The zero-order valence-corrected chi connectivity index (χ0v) is 19.1. The van der Waals surface area contributed by atoms with Crippen molar-refractivity contribution in [2.24, 2.45) is 11.7 Å². The Hall–Kier alpha value is -3.76. The highest BCUT2D eigenvalue weighted by Crippen LogP contribution is 2.03. The number of imide groups is 2. The molecule has 0 aliphatic heterocycles. The van der Waals surface area contributed by atoms with Gasteiger partial charge in [0.15, 0.2) is 0 Å². The SMILES string of the molecule is NN(C(=O)Cc1ccccc1)C(=O)NCCCCCCNC(=O)N(N)C(=O)Cc1ccccc1. The minimum absolute atomic E-state index is 0.0502. The molecule has 2 rings (SSSR count). The largest absolute Gasteiger partial charge is 0.338 e. The highest BCUT2D eigenvalue weighted by Gasteiger charge is 2.18. The quantitative estimate of drug-likeness (QED) is 0.171. The predicted octanol–water partition coefficient (Wildman–Crippen LogP) is 1.86. The summed E-state index contributed by atoms with van der Waals surface area (Å²) in [4.78, 5) is 48.1. The van der Waals surface area contributed by atoms with Gasteiger partial charge in [-0.3, -0.25) is 9.59 Å². The summed E-state index contributed by atoms with van der Waals surface area (Å²) in [6.45, 7) is 0.754. The molecule has 0 unspecified atom stereocenters. The number of carbonyl (C=O) groups excluding carboxylic acids is 4. The van der Waals surface area contributed by atoms with E-state index in [2.05, 4.69) is 10.6 Å². The number of nitrogens with zero attached hydrogens (tertiary/aromatic N) is 2. The van der Waals surface area contributed by atoms with Gasteiger partial charge in [0.1, 0.15) is 0 Å². The van der Waals surface area contributed by atoms with Gasteiger partial charge in [0.2, 0.25) is 11.8 Å². The van der Waals surface area contributed by atoms with E-state index < -0.39 is 23.9 Å². The van der Waals surface area contributed by atoms with E-state index in [1.54, 1.807) is 24.3 Å². The van der Waals surface area contributed by atoms with E-state index in [-0.39, 0.29) is 12.8 Å². The second-order valence-electron chi connectivity index (χ2n) is 7.73. The van der Waals surface area contributed by atoms with Crippen LogP contribution in [0.3, 0.4) is 0 Å². The van der Waals surface area contributed by atoms with E-state index in [0.29, 0.717) is 35.9 Å². The van der Waals surface area contributed by atoms with Crippen LogP contribution in [0.25, 0.3) is 0 Å². The van der Waals surface area contributed by atoms with Gasteiger partial charge in [-0.15, -0.1) is 0 Å². The van der Waals surface area contributed by atoms with Gasteiger partial charge in [-0.05, 0) is 24.0 Å². The second kappa shape index (κ2) is 14.4. The van der Waals surface area contributed by atoms with Gasteiger partial charge in [0.05, 0.1) is 12.8 Å². The zero-order chi connectivity index (χ0) is 24.8. The third kappa shape index (κ3) is 9.39. The van der Waals surface area contributed by atoms with Crippen LogP contribution in [0.5, 0.6) is 0 Å². The zero-order valence-electron chi connectivity index (χ0n) is 19.1. The van der Waals surface area contributed by atoms with Gasteiger partial charge < -0.3 is 10.6 Å². The molecule has 0 fully saturated rings. The van der Waals surface area contributed by atoms with E-state index in [9.17, 15) is 19.2 Å². The van der Waals surface area contributed by atoms with E-state index >= 15 is 0 Å². The molecule has 6 N–H and O–H groups in total. The van der Waals surface area contributed by atoms with E-state index in [1.807, 2.05) is 36.4 Å². The Morgan fingerprint density at radius 2 is 0.941 bits per heavy atom. The van der Waals surface area contributed by atoms with Crippen LogP contribution in [-0.2, 0) is 22.4 Å². The molecule has 0 aromatic heterocycles. The first kappa shape index (κ1) is 26.5. The number of rotatable bonds is 11. The van der Waals surface area contributed by atoms with E-state index in [0.717, 1.165) is 24.0 Å². The van der Waals surface area contributed by atoms with Gasteiger partial charge in [-0.2, -0.15) is 10.0 Å². The van der Waals surface area contributed by atoms with Gasteiger partial charge in [-0.1, -0.05) is 73.5 Å². The lowest BCUT2D eigenvalue weighted by Gasteiger charge is -2.16. The molecule has 0 saturated heterocycles. The lowest BCUT2D eigenvalue weighted by molar-refractivity contribution is -0.128. The monoisotopic (exact) mass is 468 g/mol. The Morgan fingerprint density at radius 1 is 0.588 bits per heavy atom. The molecule has 2 aromatic carbocycles. The third-order valence-corrected chi connectivity index (χ3v) is 5.03. The van der Waals surface area contributed by atoms with Crippen molar-refractivity contribution in [3.8, 4) is 0 Å². The summed E-state index contributed by atoms with van der Waals surface area (Å²) in [5.41, 5.74) is 1.56. The smallest absolute Gasteiger partial charge is 0.336 e. The highest BCUT2D eigenvalue weighted by molar-refractivity contribution is 5.95. The number of carbonyl (C=O) groups is 4. The average molecular weight is 469 g/mol. The Morgan fingerprint density at radius 3 is 1.29 bits per heavy atom. The number of amides is 6. The van der Waals surface area contributed by atoms with Gasteiger partial charge in [0.25, 0.3) is 0 Å². The molecule has 0 saturated carbocycles. The fourth-order valence-corrected chi connectivity index (χ4v) is 3.10. The van der Waals surface area contributed by atoms with E-state index in [1.165, 1.54) is 0 Å². The molecule has 182 valence electrons. The van der Waals surface area contributed by atoms with Crippen LogP contribution in [0.2, 0.25) is 0 Å². The minimum Gasteiger partial charge on any atom is -0.336 e. The van der Waals surface area contributed by atoms with Crippen LogP contribution >= 0.6 is 0 Å². The molecule has 0 bridgehead atoms. The number of hydrogen-bond donors (Lipinski definition) is 4. The number of hydrogen-bond acceptors (Lipinski definition) is 6. The Kier molecular flexibility index (Phi) is 11.2. The molecule has 0 aliphatic rings. The van der Waals surface area contributed by atoms with Crippen molar-refractivity contribution in [3.63, 3.8) is 0 Å². The molecule has 10 heteroatoms. The molecule has 0 heterocycles. The van der Waals surface area contributed by atoms with Gasteiger partial charge in [-0.25, -0.2) is 21.3 Å². The Labute approximate surface area is 199 Å². The van der Waals surface area contributed by atoms with E-state index in [4.69, 9.17) is 11.7 Å². The first-order valence-corrected chi connectivity index (χ1v) is 11.2. The van der Waals surface area contributed by atoms with Crippen molar-refractivity contribution < 1.29 is 19.2 Å². The lowest BCUT2D eigenvalue weighted by Crippen LogP contribution is -2.49. The van der Waals surface area contributed by atoms with Gasteiger partial charge >= 0.3 is 12.1 Å². The molecule has 6 amide bonds. The average Bonchev–Trinajstić information content (AvgIpc) is 2.85. The highest BCUT2D eigenvalue weighted by atomic mass is 16.2. The van der Waals surface area contributed by atoms with Crippen LogP contribution in [0.1, 0.15) is 36.8 Å². The summed E-state index contributed by atoms with van der Waals surface area (Å²) in [5.74, 6) is 10.2. The van der Waals surface area contributed by atoms with Crippen LogP contribution in [-0.4, -0.2) is 47.0 Å². The molecular weight excluding hydrogens is 436 g/mol. The van der Waals surface area contributed by atoms with Crippen molar-refractivity contribution in [1.82, 2.24) is 20.7 Å². The Bertz CT molecular complexity index is 861. The van der Waals surface area contributed by atoms with Crippen molar-refractivity contribution >= 4 is 23.9 Å². The molecule has 10 nitrogen and oxygen atoms in total. The molecule has 0 aliphatic carbocycles. The standard InChI is InChI=1S/C24H32N6O4/c25-29(21(31)17-19-11-5-3-6-12-19)23(33)27-15-9-1-2-10-16-28-24(34)30(26)22(32)18-20-13-7-4-8-14-20/h3-8,11-14H,1-2,9-10,15-18,25-26H2,(H,27,33)(H,28,34). The third-order valence-electron chi connectivity index (χ3n) is 5.03. The van der Waals surface area contributed by atoms with Gasteiger partial charge in [0, 0.05) is 13.1 Å². The maximum atomic E-state index is 12.1. The predicted molar refractivity (Wildman–Crippen MR) is 128 cm³/mol. The topological polar surface area (TPSA) is 151 Å². The maximum absolute atomic E-state index is 12.1. The molecule has 0 spiro atoms. The van der Waals surface area contributed by atoms with Crippen molar-refractivity contribution in [2.75, 3.05) is 13.1 Å². The number of unbranched alkanes of at least 4 members (excludes halogenated alkanes) is 3. The molecule has 0 atom stereocenters. The van der Waals surface area contributed by atoms with Crippen LogP contribution < -0.4 is 22.3 Å². The van der Waals surface area contributed by atoms with Crippen LogP contribution in [0.4, 0.5) is 9.59 Å². The summed E-state index contributed by atoms with van der Waals surface area (Å²) < 4.78 is 0. The number of hydrazine groups is 2. The maximum Gasteiger partial charge on any atom is 0.338 e. The van der Waals surface area contributed by atoms with Crippen molar-refractivity contribution in [2.45, 2.75) is 38.5 Å². The second-order valence-corrected chi connectivity index (χ2v) is 7.73. The summed E-state index contributed by atoms with van der Waals surface area (Å²) in [6, 6.07) is 16.8. The first-order valence-electron chi connectivity index (χ1n) is 11.2. The van der Waals surface area contributed by atoms with Crippen molar-refractivity contribution in [1.29, 1.82) is 0 Å². The van der Waals surface area contributed by atoms with Crippen molar-refractivity contribution in [3.05, 3.63) is 71.8 Å². The number of nitrogens with one attached hydrogen (secondary N) is 2. The number of urea groups is 2. The fraction of sp³-hybridized carbons (Fsp3) is 0.333. The number of benzene rings is 2. The van der Waals surface area contributed by atoms with Crippen LogP contribution in [0.15, 0.2) is 60.7 Å². The molecule has 34 heavy (non-hydrogen) atoms. The first-order chi connectivity index (χ1) is 16.4. The normalized spacial score (nSPS) is 10.3. The molecule has 0 radical (unpaired) electrons. The minimum atomic E-state index is -0.642. The summed E-state index contributed by atoms with van der Waals surface area (Å²) in [6.07, 6.45) is 3.09.